The number of rotatable bonds is 1. The van der Waals surface area contributed by atoms with Gasteiger partial charge >= 0.3 is 0 Å². The first-order valence-corrected chi connectivity index (χ1v) is 2.45. The highest BCUT2D eigenvalue weighted by atomic mass is 16.7. The maximum Gasteiger partial charge on any atom is 0.275 e. The molecule has 2 N–H and O–H groups in total. The Bertz CT molecular complexity index is 210. The molecule has 0 spiro atoms. The molecule has 10 heavy (non-hydrogen) atoms. The van der Waals surface area contributed by atoms with Gasteiger partial charge in [-0.05, 0) is 0 Å². The Morgan fingerprint density at radius 2 is 2.40 bits per heavy atom. The summed E-state index contributed by atoms with van der Waals surface area (Å²) in [6.45, 7) is 0.0483. The second-order valence-corrected chi connectivity index (χ2v) is 1.59. The molecular formula is C3H4N4O3. The molecule has 1 rings (SSSR count). The average Bonchev–Trinajstić information content (AvgIpc) is 2.13. The molecule has 0 unspecified atom stereocenters. The third kappa shape index (κ3) is 1.41. The minimum absolute atomic E-state index is 0.0483. The standard InChI is InChI=1S/C3H4N4O3/c8-2-1-4-3(5-2)6-7(9)10/h1H2,(H2,4,5,6,8). The summed E-state index contributed by atoms with van der Waals surface area (Å²) in [4.78, 5) is 20.0. The first-order chi connectivity index (χ1) is 4.68. The molecule has 7 heteroatoms. The number of guanidine groups is 1. The Morgan fingerprint density at radius 1 is 1.70 bits per heavy atom. The summed E-state index contributed by atoms with van der Waals surface area (Å²) in [6.07, 6.45) is 0. The topological polar surface area (TPSA) is 96.6 Å². The van der Waals surface area contributed by atoms with Crippen LogP contribution in [0.4, 0.5) is 0 Å². The molecule has 0 aromatic carbocycles. The molecule has 0 bridgehead atoms. The smallest absolute Gasteiger partial charge is 0.275 e. The van der Waals surface area contributed by atoms with Crippen molar-refractivity contribution in [2.45, 2.75) is 0 Å². The summed E-state index contributed by atoms with van der Waals surface area (Å²) in [6, 6.07) is 0. The summed E-state index contributed by atoms with van der Waals surface area (Å²) in [5.74, 6) is -0.421. The Labute approximate surface area is 55.2 Å². The Morgan fingerprint density at radius 3 is 2.80 bits per heavy atom. The number of nitro groups is 1. The van der Waals surface area contributed by atoms with Gasteiger partial charge in [0.25, 0.3) is 5.96 Å². The molecule has 0 aromatic heterocycles. The monoisotopic (exact) mass is 144 g/mol. The molecule has 0 aromatic rings. The number of amides is 1. The molecule has 1 saturated heterocycles. The summed E-state index contributed by atoms with van der Waals surface area (Å²) >= 11 is 0. The van der Waals surface area contributed by atoms with E-state index in [-0.39, 0.29) is 18.4 Å². The maximum absolute atomic E-state index is 10.4. The molecule has 1 fully saturated rings. The van der Waals surface area contributed by atoms with Crippen molar-refractivity contribution >= 4 is 11.9 Å². The zero-order chi connectivity index (χ0) is 7.56. The molecule has 54 valence electrons. The van der Waals surface area contributed by atoms with Crippen LogP contribution in [0, 0.1) is 10.1 Å². The van der Waals surface area contributed by atoms with Crippen LogP contribution in [0.5, 0.6) is 0 Å². The zero-order valence-corrected chi connectivity index (χ0v) is 4.83. The van der Waals surface area contributed by atoms with Crippen LogP contribution in [0.2, 0.25) is 0 Å². The van der Waals surface area contributed by atoms with E-state index in [2.05, 4.69) is 15.7 Å². The molecule has 1 amide bonds. The first-order valence-electron chi connectivity index (χ1n) is 2.45. The lowest BCUT2D eigenvalue weighted by Gasteiger charge is -1.86. The Kier molecular flexibility index (Phi) is 1.48. The molecule has 1 heterocycles. The zero-order valence-electron chi connectivity index (χ0n) is 4.83. The number of hydrogen-bond donors (Lipinski definition) is 2. The lowest BCUT2D eigenvalue weighted by molar-refractivity contribution is -0.485. The van der Waals surface area contributed by atoms with E-state index < -0.39 is 5.03 Å². The average molecular weight is 144 g/mol. The quantitative estimate of drug-likeness (QED) is 0.337. The molecule has 0 aliphatic carbocycles. The van der Waals surface area contributed by atoms with Crippen molar-refractivity contribution in [1.82, 2.24) is 10.6 Å². The third-order valence-electron chi connectivity index (χ3n) is 0.856. The Hall–Kier alpha value is -1.66. The van der Waals surface area contributed by atoms with Gasteiger partial charge < -0.3 is 5.32 Å². The van der Waals surface area contributed by atoms with Crippen LogP contribution in [0.25, 0.3) is 0 Å². The highest BCUT2D eigenvalue weighted by Crippen LogP contribution is 1.79. The van der Waals surface area contributed by atoms with Crippen molar-refractivity contribution in [3.63, 3.8) is 0 Å². The van der Waals surface area contributed by atoms with Gasteiger partial charge in [0.05, 0.1) is 6.54 Å². The van der Waals surface area contributed by atoms with Gasteiger partial charge in [-0.2, -0.15) is 0 Å². The maximum atomic E-state index is 10.4. The lowest BCUT2D eigenvalue weighted by atomic mass is 10.7. The van der Waals surface area contributed by atoms with E-state index in [9.17, 15) is 14.9 Å². The predicted molar refractivity (Wildman–Crippen MR) is 30.6 cm³/mol. The number of nitrogens with zero attached hydrogens (tertiary/aromatic N) is 2. The highest BCUT2D eigenvalue weighted by molar-refractivity contribution is 6.03. The molecule has 1 aliphatic heterocycles. The SMILES string of the molecule is O=C1CN/C(=N\[N+](=O)[O-])N1. The van der Waals surface area contributed by atoms with E-state index in [1.54, 1.807) is 0 Å². The second-order valence-electron chi connectivity index (χ2n) is 1.59. The number of hydrazone groups is 1. The van der Waals surface area contributed by atoms with E-state index in [1.165, 1.54) is 0 Å². The molecular weight excluding hydrogens is 140 g/mol. The van der Waals surface area contributed by atoms with Crippen molar-refractivity contribution in [2.24, 2.45) is 5.10 Å². The molecule has 0 radical (unpaired) electrons. The van der Waals surface area contributed by atoms with Crippen LogP contribution in [0.3, 0.4) is 0 Å². The molecule has 1 aliphatic rings. The number of nitrogens with one attached hydrogen (secondary N) is 2. The van der Waals surface area contributed by atoms with E-state index in [4.69, 9.17) is 0 Å². The van der Waals surface area contributed by atoms with Crippen LogP contribution >= 0.6 is 0 Å². The largest absolute Gasteiger partial charge is 0.342 e. The van der Waals surface area contributed by atoms with Gasteiger partial charge in [-0.15, -0.1) is 0 Å². The van der Waals surface area contributed by atoms with E-state index >= 15 is 0 Å². The van der Waals surface area contributed by atoms with Gasteiger partial charge in [0.1, 0.15) is 5.10 Å². The molecule has 0 atom stereocenters. The van der Waals surface area contributed by atoms with Crippen LogP contribution in [-0.4, -0.2) is 23.4 Å². The van der Waals surface area contributed by atoms with E-state index in [1.807, 2.05) is 0 Å². The van der Waals surface area contributed by atoms with Crippen LogP contribution < -0.4 is 10.6 Å². The van der Waals surface area contributed by atoms with Crippen LogP contribution in [0.1, 0.15) is 0 Å². The van der Waals surface area contributed by atoms with Crippen molar-refractivity contribution < 1.29 is 9.83 Å². The fourth-order valence-corrected chi connectivity index (χ4v) is 0.526. The van der Waals surface area contributed by atoms with Crippen LogP contribution in [0.15, 0.2) is 5.10 Å². The highest BCUT2D eigenvalue weighted by Gasteiger charge is 2.17. The number of hydrogen-bond acceptors (Lipinski definition) is 3. The van der Waals surface area contributed by atoms with Gasteiger partial charge in [-0.1, -0.05) is 0 Å². The fourth-order valence-electron chi connectivity index (χ4n) is 0.526. The van der Waals surface area contributed by atoms with E-state index in [0.717, 1.165) is 0 Å². The molecule has 0 saturated carbocycles. The fraction of sp³-hybridized carbons (Fsp3) is 0.333. The minimum atomic E-state index is -0.881. The number of carbonyl (C=O) groups excluding carboxylic acids is 1. The summed E-state index contributed by atoms with van der Waals surface area (Å²) in [7, 11) is 0. The van der Waals surface area contributed by atoms with Gasteiger partial charge in [0.2, 0.25) is 5.91 Å². The lowest BCUT2D eigenvalue weighted by Crippen LogP contribution is -2.26. The van der Waals surface area contributed by atoms with Crippen molar-refractivity contribution in [1.29, 1.82) is 0 Å². The van der Waals surface area contributed by atoms with Gasteiger partial charge in [-0.3, -0.25) is 10.1 Å². The summed E-state index contributed by atoms with van der Waals surface area (Å²) in [5, 5.41) is 16.2. The Balaban J connectivity index is 2.59. The third-order valence-corrected chi connectivity index (χ3v) is 0.856. The van der Waals surface area contributed by atoms with Crippen molar-refractivity contribution in [2.75, 3.05) is 6.54 Å². The second kappa shape index (κ2) is 2.29. The first kappa shape index (κ1) is 6.46. The van der Waals surface area contributed by atoms with Crippen molar-refractivity contribution in [3.8, 4) is 0 Å². The summed E-state index contributed by atoms with van der Waals surface area (Å²) < 4.78 is 0. The van der Waals surface area contributed by atoms with Gasteiger partial charge in [0.15, 0.2) is 5.03 Å². The van der Waals surface area contributed by atoms with Gasteiger partial charge in [-0.25, -0.2) is 10.1 Å². The summed E-state index contributed by atoms with van der Waals surface area (Å²) in [5.41, 5.74) is 0. The normalized spacial score (nSPS) is 20.4. The van der Waals surface area contributed by atoms with Crippen LogP contribution in [-0.2, 0) is 4.79 Å². The predicted octanol–water partition coefficient (Wildman–Crippen LogP) is -1.75. The van der Waals surface area contributed by atoms with E-state index in [0.29, 0.717) is 0 Å². The van der Waals surface area contributed by atoms with Gasteiger partial charge in [0, 0.05) is 0 Å². The number of carbonyl (C=O) groups is 1. The minimum Gasteiger partial charge on any atom is -0.342 e. The van der Waals surface area contributed by atoms with Crippen molar-refractivity contribution in [3.05, 3.63) is 10.1 Å². The molecule has 7 nitrogen and oxygen atoms in total.